The van der Waals surface area contributed by atoms with Gasteiger partial charge in [-0.1, -0.05) is 32.1 Å². The van der Waals surface area contributed by atoms with E-state index in [-0.39, 0.29) is 23.7 Å². The lowest BCUT2D eigenvalue weighted by atomic mass is 9.81. The van der Waals surface area contributed by atoms with E-state index in [9.17, 15) is 24.4 Å². The molecule has 1 aliphatic heterocycles. The molecular formula is C19H25N3O5. The van der Waals surface area contributed by atoms with Crippen LogP contribution in [0.3, 0.4) is 0 Å². The lowest BCUT2D eigenvalue weighted by Crippen LogP contribution is -2.50. The molecule has 146 valence electrons. The molecule has 1 heterocycles. The standard InChI is InChI=1S/C19H25N3O5/c20-12-19(8-4-1-5-9-19)21-15(23)11-27-16(24)10-22-17(25)13-6-2-3-7-14(13)18(22)26/h13-14H,1-11H2,(H,21,23)/t13-,14-/m1/s1. The number of hydrogen-bond acceptors (Lipinski definition) is 6. The van der Waals surface area contributed by atoms with E-state index in [0.29, 0.717) is 25.7 Å². The lowest BCUT2D eigenvalue weighted by Gasteiger charge is -2.31. The van der Waals surface area contributed by atoms with Crippen LogP contribution in [-0.4, -0.2) is 47.3 Å². The number of nitrogens with one attached hydrogen (secondary N) is 1. The van der Waals surface area contributed by atoms with Crippen molar-refractivity contribution in [2.24, 2.45) is 11.8 Å². The molecule has 3 fully saturated rings. The summed E-state index contributed by atoms with van der Waals surface area (Å²) in [7, 11) is 0. The van der Waals surface area contributed by atoms with Crippen molar-refractivity contribution >= 4 is 23.7 Å². The highest BCUT2D eigenvalue weighted by Crippen LogP contribution is 2.37. The topological polar surface area (TPSA) is 117 Å². The Bertz CT molecular complexity index is 653. The summed E-state index contributed by atoms with van der Waals surface area (Å²) in [6.45, 7) is -0.979. The van der Waals surface area contributed by atoms with Crippen LogP contribution in [0, 0.1) is 23.2 Å². The molecule has 1 saturated heterocycles. The molecule has 2 atom stereocenters. The molecule has 0 unspecified atom stereocenters. The minimum absolute atomic E-state index is 0.309. The van der Waals surface area contributed by atoms with E-state index in [2.05, 4.69) is 11.4 Å². The van der Waals surface area contributed by atoms with Gasteiger partial charge in [0.15, 0.2) is 6.61 Å². The van der Waals surface area contributed by atoms with Gasteiger partial charge in [-0.05, 0) is 25.7 Å². The summed E-state index contributed by atoms with van der Waals surface area (Å²) in [5, 5.41) is 12.0. The molecule has 0 spiro atoms. The Morgan fingerprint density at radius 2 is 1.67 bits per heavy atom. The first-order valence-electron chi connectivity index (χ1n) is 9.69. The number of likely N-dealkylation sites (tertiary alicyclic amines) is 1. The number of fused-ring (bicyclic) bond motifs is 1. The number of rotatable bonds is 5. The third kappa shape index (κ3) is 4.12. The van der Waals surface area contributed by atoms with E-state index in [1.165, 1.54) is 0 Å². The second kappa shape index (κ2) is 8.07. The van der Waals surface area contributed by atoms with Crippen LogP contribution in [0.5, 0.6) is 0 Å². The first-order chi connectivity index (χ1) is 13.0. The molecule has 2 saturated carbocycles. The molecule has 8 nitrogen and oxygen atoms in total. The van der Waals surface area contributed by atoms with E-state index in [0.717, 1.165) is 37.0 Å². The number of carbonyl (C=O) groups excluding carboxylic acids is 4. The predicted molar refractivity (Wildman–Crippen MR) is 92.7 cm³/mol. The van der Waals surface area contributed by atoms with E-state index in [1.54, 1.807) is 0 Å². The fourth-order valence-electron chi connectivity index (χ4n) is 4.43. The number of nitrogens with zero attached hydrogens (tertiary/aromatic N) is 2. The minimum atomic E-state index is -0.891. The maximum Gasteiger partial charge on any atom is 0.326 e. The quantitative estimate of drug-likeness (QED) is 0.567. The molecule has 1 N–H and O–H groups in total. The van der Waals surface area contributed by atoms with Crippen molar-refractivity contribution in [1.82, 2.24) is 10.2 Å². The third-order valence-electron chi connectivity index (χ3n) is 5.88. The predicted octanol–water partition coefficient (Wildman–Crippen LogP) is 1.05. The van der Waals surface area contributed by atoms with Crippen LogP contribution in [0.15, 0.2) is 0 Å². The maximum atomic E-state index is 12.3. The zero-order valence-electron chi connectivity index (χ0n) is 15.4. The number of carbonyl (C=O) groups is 4. The van der Waals surface area contributed by atoms with Crippen molar-refractivity contribution in [3.05, 3.63) is 0 Å². The van der Waals surface area contributed by atoms with Crippen LogP contribution in [0.2, 0.25) is 0 Å². The second-order valence-electron chi connectivity index (χ2n) is 7.72. The van der Waals surface area contributed by atoms with Crippen molar-refractivity contribution < 1.29 is 23.9 Å². The summed E-state index contributed by atoms with van der Waals surface area (Å²) in [6, 6.07) is 2.16. The second-order valence-corrected chi connectivity index (χ2v) is 7.72. The van der Waals surface area contributed by atoms with Gasteiger partial charge in [0.25, 0.3) is 5.91 Å². The highest BCUT2D eigenvalue weighted by Gasteiger charge is 2.48. The SMILES string of the molecule is N#CC1(NC(=O)COC(=O)CN2C(=O)[C@@H]3CCCC[C@H]3C2=O)CCCCC1. The van der Waals surface area contributed by atoms with Gasteiger partial charge in [0.05, 0.1) is 17.9 Å². The summed E-state index contributed by atoms with van der Waals surface area (Å²) >= 11 is 0. The molecule has 27 heavy (non-hydrogen) atoms. The molecular weight excluding hydrogens is 350 g/mol. The van der Waals surface area contributed by atoms with E-state index >= 15 is 0 Å². The normalized spacial score (nSPS) is 26.9. The van der Waals surface area contributed by atoms with Crippen molar-refractivity contribution in [3.63, 3.8) is 0 Å². The summed E-state index contributed by atoms with van der Waals surface area (Å²) in [5.41, 5.74) is -0.891. The zero-order chi connectivity index (χ0) is 19.4. The molecule has 0 aromatic rings. The van der Waals surface area contributed by atoms with Crippen LogP contribution in [0.1, 0.15) is 57.8 Å². The minimum Gasteiger partial charge on any atom is -0.454 e. The number of nitriles is 1. The average molecular weight is 375 g/mol. The van der Waals surface area contributed by atoms with Gasteiger partial charge in [0, 0.05) is 0 Å². The van der Waals surface area contributed by atoms with Crippen molar-refractivity contribution in [1.29, 1.82) is 5.26 Å². The van der Waals surface area contributed by atoms with Gasteiger partial charge in [0.2, 0.25) is 11.8 Å². The van der Waals surface area contributed by atoms with Crippen molar-refractivity contribution in [2.75, 3.05) is 13.2 Å². The van der Waals surface area contributed by atoms with E-state index in [1.807, 2.05) is 0 Å². The van der Waals surface area contributed by atoms with Gasteiger partial charge in [-0.2, -0.15) is 5.26 Å². The Morgan fingerprint density at radius 3 is 2.22 bits per heavy atom. The Balaban J connectivity index is 1.48. The van der Waals surface area contributed by atoms with Gasteiger partial charge in [0.1, 0.15) is 12.1 Å². The van der Waals surface area contributed by atoms with Crippen LogP contribution in [-0.2, 0) is 23.9 Å². The maximum absolute atomic E-state index is 12.3. The van der Waals surface area contributed by atoms with Crippen LogP contribution < -0.4 is 5.32 Å². The van der Waals surface area contributed by atoms with Crippen molar-refractivity contribution in [2.45, 2.75) is 63.3 Å². The summed E-state index contributed by atoms with van der Waals surface area (Å²) < 4.78 is 4.94. The molecule has 2 aliphatic carbocycles. The van der Waals surface area contributed by atoms with Crippen LogP contribution in [0.4, 0.5) is 0 Å². The van der Waals surface area contributed by atoms with Crippen LogP contribution in [0.25, 0.3) is 0 Å². The van der Waals surface area contributed by atoms with Gasteiger partial charge in [-0.3, -0.25) is 24.1 Å². The highest BCUT2D eigenvalue weighted by molar-refractivity contribution is 6.07. The fourth-order valence-corrected chi connectivity index (χ4v) is 4.43. The van der Waals surface area contributed by atoms with Gasteiger partial charge < -0.3 is 10.1 Å². The largest absolute Gasteiger partial charge is 0.454 e. The lowest BCUT2D eigenvalue weighted by molar-refractivity contribution is -0.155. The highest BCUT2D eigenvalue weighted by atomic mass is 16.5. The number of ether oxygens (including phenoxy) is 1. The first kappa shape index (κ1) is 19.3. The smallest absolute Gasteiger partial charge is 0.326 e. The molecule has 0 radical (unpaired) electrons. The fraction of sp³-hybridized carbons (Fsp3) is 0.737. The Kier molecular flexibility index (Phi) is 5.78. The Labute approximate surface area is 158 Å². The summed E-state index contributed by atoms with van der Waals surface area (Å²) in [5.74, 6) is -2.58. The number of imide groups is 1. The first-order valence-corrected chi connectivity index (χ1v) is 9.69. The molecule has 3 aliphatic rings. The van der Waals surface area contributed by atoms with E-state index < -0.39 is 30.6 Å². The summed E-state index contributed by atoms with van der Waals surface area (Å²) in [6.07, 6.45) is 7.14. The molecule has 0 aromatic heterocycles. The number of hydrogen-bond donors (Lipinski definition) is 1. The van der Waals surface area contributed by atoms with Crippen molar-refractivity contribution in [3.8, 4) is 6.07 Å². The summed E-state index contributed by atoms with van der Waals surface area (Å²) in [4.78, 5) is 49.8. The van der Waals surface area contributed by atoms with Gasteiger partial charge in [-0.15, -0.1) is 0 Å². The Hall–Kier alpha value is -2.43. The monoisotopic (exact) mass is 375 g/mol. The Morgan fingerprint density at radius 1 is 1.07 bits per heavy atom. The zero-order valence-corrected chi connectivity index (χ0v) is 15.4. The third-order valence-corrected chi connectivity index (χ3v) is 5.88. The molecule has 3 amide bonds. The molecule has 3 rings (SSSR count). The number of amides is 3. The average Bonchev–Trinajstić information content (AvgIpc) is 2.92. The molecule has 8 heteroatoms. The van der Waals surface area contributed by atoms with Gasteiger partial charge >= 0.3 is 5.97 Å². The van der Waals surface area contributed by atoms with Gasteiger partial charge in [-0.25, -0.2) is 0 Å². The number of esters is 1. The van der Waals surface area contributed by atoms with E-state index in [4.69, 9.17) is 4.74 Å². The molecule has 0 bridgehead atoms. The van der Waals surface area contributed by atoms with Crippen LogP contribution >= 0.6 is 0 Å². The molecule has 0 aromatic carbocycles.